The van der Waals surface area contributed by atoms with Gasteiger partial charge in [0.05, 0.1) is 4.90 Å². The van der Waals surface area contributed by atoms with E-state index >= 15 is 0 Å². The number of carbonyl (C=O) groups is 1. The minimum Gasteiger partial charge on any atom is -0.351 e. The number of benzene rings is 1. The third-order valence-electron chi connectivity index (χ3n) is 4.25. The normalized spacial score (nSPS) is 12.0. The highest BCUT2D eigenvalue weighted by atomic mass is 32.2. The van der Waals surface area contributed by atoms with Gasteiger partial charge in [-0.15, -0.1) is 0 Å². The van der Waals surface area contributed by atoms with Crippen molar-refractivity contribution in [3.05, 3.63) is 28.8 Å². The lowest BCUT2D eigenvalue weighted by Crippen LogP contribution is -2.35. The lowest BCUT2D eigenvalue weighted by molar-refractivity contribution is 0.0948. The second-order valence-electron chi connectivity index (χ2n) is 5.99. The Kier molecular flexibility index (Phi) is 7.38. The summed E-state index contributed by atoms with van der Waals surface area (Å²) in [5.74, 6) is -0.250. The number of nitrogens with zero attached hydrogens (tertiary/aromatic N) is 2. The van der Waals surface area contributed by atoms with Crippen LogP contribution in [0.25, 0.3) is 0 Å². The van der Waals surface area contributed by atoms with Gasteiger partial charge < -0.3 is 10.2 Å². The van der Waals surface area contributed by atoms with Crippen LogP contribution in [0.3, 0.4) is 0 Å². The van der Waals surface area contributed by atoms with Crippen molar-refractivity contribution < 1.29 is 13.2 Å². The molecular formula is C17H29N3O3S. The maximum atomic E-state index is 12.4. The highest BCUT2D eigenvalue weighted by molar-refractivity contribution is 7.89. The molecule has 0 saturated carbocycles. The average Bonchev–Trinajstić information content (AvgIpc) is 2.53. The van der Waals surface area contributed by atoms with E-state index in [9.17, 15) is 13.2 Å². The van der Waals surface area contributed by atoms with E-state index in [2.05, 4.69) is 24.1 Å². The summed E-state index contributed by atoms with van der Waals surface area (Å²) >= 11 is 0. The van der Waals surface area contributed by atoms with Gasteiger partial charge in [-0.25, -0.2) is 12.7 Å². The van der Waals surface area contributed by atoms with Crippen LogP contribution in [0.4, 0.5) is 0 Å². The summed E-state index contributed by atoms with van der Waals surface area (Å²) in [6, 6.07) is 3.20. The zero-order valence-corrected chi connectivity index (χ0v) is 16.3. The lowest BCUT2D eigenvalue weighted by atomic mass is 10.1. The molecule has 0 aliphatic rings. The van der Waals surface area contributed by atoms with Gasteiger partial charge in [0.15, 0.2) is 0 Å². The summed E-state index contributed by atoms with van der Waals surface area (Å²) in [5.41, 5.74) is 1.83. The van der Waals surface area contributed by atoms with Crippen molar-refractivity contribution in [3.8, 4) is 0 Å². The molecule has 0 aliphatic heterocycles. The fourth-order valence-corrected chi connectivity index (χ4v) is 3.61. The van der Waals surface area contributed by atoms with Gasteiger partial charge in [0.1, 0.15) is 0 Å². The number of hydrogen-bond donors (Lipinski definition) is 1. The van der Waals surface area contributed by atoms with E-state index in [0.717, 1.165) is 29.5 Å². The summed E-state index contributed by atoms with van der Waals surface area (Å²) < 4.78 is 26.1. The molecule has 0 aliphatic carbocycles. The molecule has 0 saturated heterocycles. The van der Waals surface area contributed by atoms with Crippen LogP contribution in [0.2, 0.25) is 0 Å². The number of likely N-dealkylation sites (N-methyl/N-ethyl adjacent to an activating group) is 1. The Balaban J connectivity index is 3.01. The number of rotatable bonds is 8. The third-order valence-corrected chi connectivity index (χ3v) is 6.19. The van der Waals surface area contributed by atoms with Gasteiger partial charge in [0, 0.05) is 32.7 Å². The molecule has 1 amide bonds. The molecule has 7 heteroatoms. The molecule has 0 unspecified atom stereocenters. The van der Waals surface area contributed by atoms with Crippen LogP contribution in [-0.2, 0) is 10.0 Å². The predicted molar refractivity (Wildman–Crippen MR) is 96.9 cm³/mol. The van der Waals surface area contributed by atoms with E-state index in [1.807, 2.05) is 6.92 Å². The maximum Gasteiger partial charge on any atom is 0.251 e. The zero-order chi connectivity index (χ0) is 18.5. The second kappa shape index (κ2) is 8.60. The Morgan fingerprint density at radius 1 is 1.12 bits per heavy atom. The number of amides is 1. The van der Waals surface area contributed by atoms with Crippen molar-refractivity contribution in [3.63, 3.8) is 0 Å². The molecule has 0 aromatic heterocycles. The Bertz CT molecular complexity index is 681. The number of sulfonamides is 1. The smallest absolute Gasteiger partial charge is 0.251 e. The van der Waals surface area contributed by atoms with Crippen LogP contribution in [0.1, 0.15) is 35.3 Å². The summed E-state index contributed by atoms with van der Waals surface area (Å²) in [6.45, 7) is 10.9. The molecule has 24 heavy (non-hydrogen) atoms. The van der Waals surface area contributed by atoms with Gasteiger partial charge >= 0.3 is 0 Å². The largest absolute Gasteiger partial charge is 0.351 e. The van der Waals surface area contributed by atoms with Crippen molar-refractivity contribution >= 4 is 15.9 Å². The first kappa shape index (κ1) is 20.6. The summed E-state index contributed by atoms with van der Waals surface area (Å²) in [5, 5.41) is 2.86. The fraction of sp³-hybridized carbons (Fsp3) is 0.588. The Hall–Kier alpha value is -1.44. The van der Waals surface area contributed by atoms with Gasteiger partial charge in [0.25, 0.3) is 5.91 Å². The summed E-state index contributed by atoms with van der Waals surface area (Å²) in [7, 11) is -0.609. The molecule has 0 spiro atoms. The monoisotopic (exact) mass is 355 g/mol. The molecule has 0 bridgehead atoms. The van der Waals surface area contributed by atoms with Gasteiger partial charge in [-0.05, 0) is 50.2 Å². The molecule has 1 N–H and O–H groups in total. The molecule has 1 rings (SSSR count). The van der Waals surface area contributed by atoms with E-state index < -0.39 is 10.0 Å². The van der Waals surface area contributed by atoms with Crippen LogP contribution in [0.15, 0.2) is 17.0 Å². The van der Waals surface area contributed by atoms with Crippen molar-refractivity contribution in [2.24, 2.45) is 0 Å². The summed E-state index contributed by atoms with van der Waals surface area (Å²) in [6.07, 6.45) is 0. The number of aryl methyl sites for hydroxylation is 1. The van der Waals surface area contributed by atoms with Crippen molar-refractivity contribution in [2.45, 2.75) is 32.6 Å². The maximum absolute atomic E-state index is 12.4. The lowest BCUT2D eigenvalue weighted by Gasteiger charge is -2.19. The number of hydrogen-bond acceptors (Lipinski definition) is 4. The van der Waals surface area contributed by atoms with Gasteiger partial charge in [-0.3, -0.25) is 4.79 Å². The quantitative estimate of drug-likeness (QED) is 0.769. The number of carbonyl (C=O) groups excluding carboxylic acids is 1. The van der Waals surface area contributed by atoms with Crippen LogP contribution >= 0.6 is 0 Å². The molecule has 0 heterocycles. The SMILES string of the molecule is CCN(CC)CCNC(=O)c1cc(C)c(C)c(S(=O)(=O)N(C)C)c1. The Morgan fingerprint density at radius 2 is 1.71 bits per heavy atom. The standard InChI is InChI=1S/C17H29N3O3S/c1-7-20(8-2)10-9-18-17(21)15-11-13(3)14(4)16(12-15)24(22,23)19(5)6/h11-12H,7-10H2,1-6H3,(H,18,21). The zero-order valence-electron chi connectivity index (χ0n) is 15.5. The minimum absolute atomic E-state index is 0.182. The highest BCUT2D eigenvalue weighted by Crippen LogP contribution is 2.23. The van der Waals surface area contributed by atoms with E-state index in [1.54, 1.807) is 13.0 Å². The molecule has 0 fully saturated rings. The van der Waals surface area contributed by atoms with E-state index in [4.69, 9.17) is 0 Å². The Labute approximate surface area is 145 Å². The minimum atomic E-state index is -3.58. The molecule has 1 aromatic rings. The number of nitrogens with one attached hydrogen (secondary N) is 1. The fourth-order valence-electron chi connectivity index (χ4n) is 2.39. The topological polar surface area (TPSA) is 69.7 Å². The average molecular weight is 356 g/mol. The van der Waals surface area contributed by atoms with Crippen LogP contribution in [0, 0.1) is 13.8 Å². The predicted octanol–water partition coefficient (Wildman–Crippen LogP) is 1.63. The summed E-state index contributed by atoms with van der Waals surface area (Å²) in [4.78, 5) is 14.8. The van der Waals surface area contributed by atoms with E-state index in [1.165, 1.54) is 20.2 Å². The van der Waals surface area contributed by atoms with Crippen molar-refractivity contribution in [1.82, 2.24) is 14.5 Å². The van der Waals surface area contributed by atoms with Gasteiger partial charge in [0.2, 0.25) is 10.0 Å². The van der Waals surface area contributed by atoms with Gasteiger partial charge in [-0.1, -0.05) is 13.8 Å². The van der Waals surface area contributed by atoms with Crippen LogP contribution in [-0.4, -0.2) is 63.8 Å². The molecule has 0 atom stereocenters. The first-order chi connectivity index (χ1) is 11.1. The molecule has 136 valence electrons. The second-order valence-corrected chi connectivity index (χ2v) is 8.11. The Morgan fingerprint density at radius 3 is 2.21 bits per heavy atom. The van der Waals surface area contributed by atoms with Crippen molar-refractivity contribution in [2.75, 3.05) is 40.3 Å². The molecular weight excluding hydrogens is 326 g/mol. The first-order valence-electron chi connectivity index (χ1n) is 8.19. The molecule has 0 radical (unpaired) electrons. The van der Waals surface area contributed by atoms with Crippen LogP contribution < -0.4 is 5.32 Å². The molecule has 1 aromatic carbocycles. The molecule has 6 nitrogen and oxygen atoms in total. The first-order valence-corrected chi connectivity index (χ1v) is 9.63. The van der Waals surface area contributed by atoms with Gasteiger partial charge in [-0.2, -0.15) is 0 Å². The highest BCUT2D eigenvalue weighted by Gasteiger charge is 2.22. The van der Waals surface area contributed by atoms with Crippen LogP contribution in [0.5, 0.6) is 0 Å². The van der Waals surface area contributed by atoms with E-state index in [-0.39, 0.29) is 10.8 Å². The van der Waals surface area contributed by atoms with E-state index in [0.29, 0.717) is 17.7 Å². The third kappa shape index (κ3) is 4.78. The van der Waals surface area contributed by atoms with Crippen molar-refractivity contribution in [1.29, 1.82) is 0 Å².